The van der Waals surface area contributed by atoms with Crippen molar-refractivity contribution in [3.8, 4) is 0 Å². The van der Waals surface area contributed by atoms with Gasteiger partial charge in [-0.2, -0.15) is 0 Å². The number of aliphatic hydroxyl groups excluding tert-OH is 1. The first-order valence-electron chi connectivity index (χ1n) is 6.07. The Kier molecular flexibility index (Phi) is 2.80. The van der Waals surface area contributed by atoms with Crippen LogP contribution in [-0.2, 0) is 9.53 Å². The maximum absolute atomic E-state index is 11.2. The maximum Gasteiger partial charge on any atom is 0.249 e. The monoisotopic (exact) mass is 278 g/mol. The third-order valence-corrected chi connectivity index (χ3v) is 3.25. The van der Waals surface area contributed by atoms with Crippen molar-refractivity contribution in [2.24, 2.45) is 5.73 Å². The average molecular weight is 278 g/mol. The molecule has 106 valence electrons. The number of fused-ring (bicyclic) bond motifs is 1. The summed E-state index contributed by atoms with van der Waals surface area (Å²) in [6.07, 6.45) is -0.827. The van der Waals surface area contributed by atoms with Gasteiger partial charge < -0.3 is 21.3 Å². The van der Waals surface area contributed by atoms with Gasteiger partial charge in [-0.05, 0) is 6.92 Å². The molecule has 0 aromatic carbocycles. The van der Waals surface area contributed by atoms with Gasteiger partial charge in [0.1, 0.15) is 17.6 Å². The molecule has 1 saturated heterocycles. The zero-order valence-corrected chi connectivity index (χ0v) is 10.7. The summed E-state index contributed by atoms with van der Waals surface area (Å²) in [5.41, 5.74) is 11.9. The lowest BCUT2D eigenvalue weighted by Crippen LogP contribution is -2.36. The Balaban J connectivity index is 2.02. The number of rotatable bonds is 2. The number of primary amides is 1. The van der Waals surface area contributed by atoms with E-state index < -0.39 is 24.3 Å². The van der Waals surface area contributed by atoms with E-state index >= 15 is 0 Å². The number of imidazole rings is 1. The van der Waals surface area contributed by atoms with Gasteiger partial charge in [-0.1, -0.05) is 0 Å². The Hall–Kier alpha value is -2.26. The molecule has 3 atom stereocenters. The molecule has 0 spiro atoms. The lowest BCUT2D eigenvalue weighted by molar-refractivity contribution is -0.134. The molecule has 0 aliphatic carbocycles. The fourth-order valence-corrected chi connectivity index (χ4v) is 2.34. The maximum atomic E-state index is 11.2. The Morgan fingerprint density at radius 3 is 2.95 bits per heavy atom. The number of carbonyl (C=O) groups is 1. The molecule has 1 aliphatic rings. The number of aromatic nitrogens is 4. The largest absolute Gasteiger partial charge is 0.390 e. The molecule has 9 nitrogen and oxygen atoms in total. The first kappa shape index (κ1) is 12.8. The van der Waals surface area contributed by atoms with Crippen molar-refractivity contribution in [1.82, 2.24) is 19.5 Å². The molecule has 2 aromatic rings. The quantitative estimate of drug-likeness (QED) is 0.629. The Morgan fingerprint density at radius 2 is 2.30 bits per heavy atom. The molecule has 1 aliphatic heterocycles. The molecule has 0 bridgehead atoms. The highest BCUT2D eigenvalue weighted by Gasteiger charge is 2.39. The van der Waals surface area contributed by atoms with Crippen molar-refractivity contribution < 1.29 is 14.6 Å². The van der Waals surface area contributed by atoms with Gasteiger partial charge in [-0.25, -0.2) is 15.0 Å². The number of carbonyl (C=O) groups excluding carboxylic acids is 1. The van der Waals surface area contributed by atoms with E-state index in [1.807, 2.05) is 0 Å². The van der Waals surface area contributed by atoms with Crippen molar-refractivity contribution in [3.63, 3.8) is 0 Å². The van der Waals surface area contributed by atoms with E-state index in [0.29, 0.717) is 17.0 Å². The van der Waals surface area contributed by atoms with E-state index in [4.69, 9.17) is 16.2 Å². The molecule has 0 saturated carbocycles. The second-order valence-electron chi connectivity index (χ2n) is 4.70. The summed E-state index contributed by atoms with van der Waals surface area (Å²) >= 11 is 0. The molecular weight excluding hydrogens is 264 g/mol. The molecule has 1 unspecified atom stereocenters. The lowest BCUT2D eigenvalue weighted by atomic mass is 10.2. The summed E-state index contributed by atoms with van der Waals surface area (Å²) in [6, 6.07) is 0. The molecule has 1 amide bonds. The fourth-order valence-electron chi connectivity index (χ4n) is 2.34. The fraction of sp³-hybridized carbons (Fsp3) is 0.455. The third-order valence-electron chi connectivity index (χ3n) is 3.25. The summed E-state index contributed by atoms with van der Waals surface area (Å²) in [6.45, 7) is 1.71. The van der Waals surface area contributed by atoms with Gasteiger partial charge in [-0.15, -0.1) is 0 Å². The SMILES string of the molecule is Cc1nc(N)c2ncn(C3C[C@H](O)[C@@H](C(N)=O)O3)c2n1. The van der Waals surface area contributed by atoms with Crippen molar-refractivity contribution in [3.05, 3.63) is 12.2 Å². The zero-order valence-electron chi connectivity index (χ0n) is 10.7. The van der Waals surface area contributed by atoms with Crippen molar-refractivity contribution in [1.29, 1.82) is 0 Å². The molecule has 2 aromatic heterocycles. The van der Waals surface area contributed by atoms with Gasteiger partial charge in [0.05, 0.1) is 12.4 Å². The van der Waals surface area contributed by atoms with E-state index in [-0.39, 0.29) is 12.2 Å². The highest BCUT2D eigenvalue weighted by Crippen LogP contribution is 2.31. The molecule has 5 N–H and O–H groups in total. The number of aryl methyl sites for hydroxylation is 1. The number of amides is 1. The van der Waals surface area contributed by atoms with Gasteiger partial charge in [0.15, 0.2) is 17.6 Å². The predicted molar refractivity (Wildman–Crippen MR) is 68.2 cm³/mol. The van der Waals surface area contributed by atoms with E-state index in [0.717, 1.165) is 0 Å². The van der Waals surface area contributed by atoms with E-state index in [2.05, 4.69) is 15.0 Å². The van der Waals surface area contributed by atoms with Gasteiger partial charge in [-0.3, -0.25) is 9.36 Å². The number of nitrogen functional groups attached to an aromatic ring is 1. The van der Waals surface area contributed by atoms with Crippen molar-refractivity contribution >= 4 is 22.9 Å². The van der Waals surface area contributed by atoms with Gasteiger partial charge in [0.2, 0.25) is 5.91 Å². The zero-order chi connectivity index (χ0) is 14.4. The van der Waals surface area contributed by atoms with Crippen LogP contribution in [0, 0.1) is 6.92 Å². The smallest absolute Gasteiger partial charge is 0.249 e. The minimum Gasteiger partial charge on any atom is -0.390 e. The number of nitrogens with two attached hydrogens (primary N) is 2. The van der Waals surface area contributed by atoms with Crippen LogP contribution < -0.4 is 11.5 Å². The van der Waals surface area contributed by atoms with E-state index in [1.165, 1.54) is 6.33 Å². The number of hydrogen-bond acceptors (Lipinski definition) is 7. The second kappa shape index (κ2) is 4.39. The normalized spacial score (nSPS) is 26.2. The number of ether oxygens (including phenoxy) is 1. The van der Waals surface area contributed by atoms with Crippen molar-refractivity contribution in [2.75, 3.05) is 5.73 Å². The predicted octanol–water partition coefficient (Wildman–Crippen LogP) is -1.15. The summed E-state index contributed by atoms with van der Waals surface area (Å²) < 4.78 is 7.08. The van der Waals surface area contributed by atoms with Crippen LogP contribution in [0.25, 0.3) is 11.2 Å². The van der Waals surface area contributed by atoms with Crippen LogP contribution >= 0.6 is 0 Å². The van der Waals surface area contributed by atoms with Crippen LogP contribution in [0.2, 0.25) is 0 Å². The average Bonchev–Trinajstić information content (AvgIpc) is 2.92. The van der Waals surface area contributed by atoms with Crippen LogP contribution in [0.1, 0.15) is 18.5 Å². The molecule has 0 radical (unpaired) electrons. The minimum absolute atomic E-state index is 0.224. The molecule has 1 fully saturated rings. The number of hydrogen-bond donors (Lipinski definition) is 3. The van der Waals surface area contributed by atoms with Crippen LogP contribution in [-0.4, -0.2) is 42.7 Å². The molecule has 3 rings (SSSR count). The first-order valence-corrected chi connectivity index (χ1v) is 6.07. The molecule has 9 heteroatoms. The number of aliphatic hydroxyl groups is 1. The topological polar surface area (TPSA) is 142 Å². The summed E-state index contributed by atoms with van der Waals surface area (Å²) in [4.78, 5) is 23.6. The van der Waals surface area contributed by atoms with Crippen LogP contribution in [0.3, 0.4) is 0 Å². The van der Waals surface area contributed by atoms with Gasteiger partial charge >= 0.3 is 0 Å². The molecule has 3 heterocycles. The van der Waals surface area contributed by atoms with Gasteiger partial charge in [0, 0.05) is 6.42 Å². The minimum atomic E-state index is -1.03. The molecule has 20 heavy (non-hydrogen) atoms. The lowest BCUT2D eigenvalue weighted by Gasteiger charge is -2.13. The van der Waals surface area contributed by atoms with Crippen LogP contribution in [0.5, 0.6) is 0 Å². The van der Waals surface area contributed by atoms with E-state index in [9.17, 15) is 9.90 Å². The number of anilines is 1. The van der Waals surface area contributed by atoms with Crippen LogP contribution in [0.4, 0.5) is 5.82 Å². The standard InChI is InChI=1S/C11H14N6O3/c1-4-15-9(12)7-11(16-4)17(3-14-7)6-2-5(18)8(20-6)10(13)19/h3,5-6,8,18H,2H2,1H3,(H2,13,19)(H2,12,15,16)/t5-,6?,8-/m0/s1. The Labute approximate surface area is 113 Å². The molecular formula is C11H14N6O3. The Morgan fingerprint density at radius 1 is 1.55 bits per heavy atom. The summed E-state index contributed by atoms with van der Waals surface area (Å²) in [5.74, 6) is 0.0766. The highest BCUT2D eigenvalue weighted by atomic mass is 16.5. The van der Waals surface area contributed by atoms with E-state index in [1.54, 1.807) is 11.5 Å². The first-order chi connectivity index (χ1) is 9.47. The van der Waals surface area contributed by atoms with Crippen LogP contribution in [0.15, 0.2) is 6.33 Å². The highest BCUT2D eigenvalue weighted by molar-refractivity contribution is 5.82. The summed E-state index contributed by atoms with van der Waals surface area (Å²) in [5, 5.41) is 9.79. The summed E-state index contributed by atoms with van der Waals surface area (Å²) in [7, 11) is 0. The Bertz CT molecular complexity index is 684. The van der Waals surface area contributed by atoms with Gasteiger partial charge in [0.25, 0.3) is 0 Å². The second-order valence-corrected chi connectivity index (χ2v) is 4.70. The van der Waals surface area contributed by atoms with Crippen molar-refractivity contribution in [2.45, 2.75) is 31.8 Å². The third kappa shape index (κ3) is 1.87. The number of nitrogens with zero attached hydrogens (tertiary/aromatic N) is 4.